The van der Waals surface area contributed by atoms with Gasteiger partial charge in [-0.15, -0.1) is 0 Å². The zero-order chi connectivity index (χ0) is 13.0. The Labute approximate surface area is 105 Å². The van der Waals surface area contributed by atoms with Gasteiger partial charge in [-0.25, -0.2) is 0 Å². The number of carbonyl (C=O) groups is 3. The minimum atomic E-state index is -0.623. The molecule has 0 spiro atoms. The molecule has 3 unspecified atom stereocenters. The van der Waals surface area contributed by atoms with Crippen LogP contribution >= 0.6 is 11.8 Å². The Balaban J connectivity index is 2.56. The van der Waals surface area contributed by atoms with E-state index in [0.717, 1.165) is 11.8 Å². The zero-order valence-corrected chi connectivity index (χ0v) is 10.8. The highest BCUT2D eigenvalue weighted by atomic mass is 32.2. The van der Waals surface area contributed by atoms with Crippen molar-refractivity contribution in [3.8, 4) is 0 Å². The van der Waals surface area contributed by atoms with Crippen molar-refractivity contribution in [2.45, 2.75) is 32.4 Å². The van der Waals surface area contributed by atoms with E-state index < -0.39 is 12.1 Å². The normalized spacial score (nSPS) is 25.7. The molecule has 1 saturated heterocycles. The molecule has 5 nitrogen and oxygen atoms in total. The van der Waals surface area contributed by atoms with Gasteiger partial charge in [0.05, 0.1) is 12.1 Å². The summed E-state index contributed by atoms with van der Waals surface area (Å²) < 4.78 is 0. The lowest BCUT2D eigenvalue weighted by Crippen LogP contribution is -2.40. The number of hydrogen-bond donors (Lipinski definition) is 1. The van der Waals surface area contributed by atoms with E-state index in [9.17, 15) is 19.5 Å². The van der Waals surface area contributed by atoms with Crippen LogP contribution in [-0.2, 0) is 14.4 Å². The number of aliphatic hydroxyl groups excluding tert-OH is 1. The number of aliphatic hydroxyl groups is 1. The highest BCUT2D eigenvalue weighted by Gasteiger charge is 2.35. The molecule has 1 fully saturated rings. The van der Waals surface area contributed by atoms with Gasteiger partial charge in [-0.2, -0.15) is 0 Å². The highest BCUT2D eigenvalue weighted by Crippen LogP contribution is 2.20. The maximum absolute atomic E-state index is 12.0. The SMILES string of the molecule is CC(=O)SCC(C)C(=O)N1CC(O)CC1C=O. The lowest BCUT2D eigenvalue weighted by Gasteiger charge is -2.23. The molecule has 0 aromatic heterocycles. The summed E-state index contributed by atoms with van der Waals surface area (Å²) in [5.41, 5.74) is 0. The molecule has 1 aliphatic rings. The lowest BCUT2D eigenvalue weighted by molar-refractivity contribution is -0.137. The standard InChI is InChI=1S/C11H17NO4S/c1-7(6-17-8(2)14)11(16)12-4-10(15)3-9(12)5-13/h5,7,9-10,15H,3-4,6H2,1-2H3. The average molecular weight is 259 g/mol. The van der Waals surface area contributed by atoms with Crippen molar-refractivity contribution in [1.82, 2.24) is 4.90 Å². The van der Waals surface area contributed by atoms with Crippen LogP contribution in [0.5, 0.6) is 0 Å². The Kier molecular flexibility index (Phi) is 5.14. The van der Waals surface area contributed by atoms with Crippen LogP contribution in [-0.4, -0.2) is 51.8 Å². The number of hydrogen-bond acceptors (Lipinski definition) is 5. The number of rotatable bonds is 4. The number of carbonyl (C=O) groups excluding carboxylic acids is 3. The number of likely N-dealkylation sites (tertiary alicyclic amines) is 1. The van der Waals surface area contributed by atoms with E-state index in [0.29, 0.717) is 18.5 Å². The fourth-order valence-electron chi connectivity index (χ4n) is 1.82. The third-order valence-corrected chi connectivity index (χ3v) is 3.79. The second-order valence-electron chi connectivity index (χ2n) is 4.29. The molecule has 1 aliphatic heterocycles. The molecule has 3 atom stereocenters. The number of aldehydes is 1. The van der Waals surface area contributed by atoms with E-state index in [1.54, 1.807) is 6.92 Å². The van der Waals surface area contributed by atoms with Crippen LogP contribution in [0, 0.1) is 5.92 Å². The van der Waals surface area contributed by atoms with Crippen molar-refractivity contribution in [3.63, 3.8) is 0 Å². The fourth-order valence-corrected chi connectivity index (χ4v) is 2.45. The van der Waals surface area contributed by atoms with E-state index in [-0.39, 0.29) is 23.5 Å². The second kappa shape index (κ2) is 6.16. The lowest BCUT2D eigenvalue weighted by atomic mass is 10.1. The monoisotopic (exact) mass is 259 g/mol. The summed E-state index contributed by atoms with van der Waals surface area (Å²) in [5.74, 6) is -0.0872. The van der Waals surface area contributed by atoms with Crippen molar-refractivity contribution in [2.24, 2.45) is 5.92 Å². The van der Waals surface area contributed by atoms with E-state index >= 15 is 0 Å². The zero-order valence-electron chi connectivity index (χ0n) is 9.96. The molecule has 96 valence electrons. The molecule has 0 aromatic carbocycles. The van der Waals surface area contributed by atoms with Crippen LogP contribution in [0.2, 0.25) is 0 Å². The largest absolute Gasteiger partial charge is 0.391 e. The van der Waals surface area contributed by atoms with Gasteiger partial charge in [0, 0.05) is 31.6 Å². The Hall–Kier alpha value is -0.880. The molecule has 0 aliphatic carbocycles. The summed E-state index contributed by atoms with van der Waals surface area (Å²) in [6, 6.07) is -0.526. The molecule has 17 heavy (non-hydrogen) atoms. The van der Waals surface area contributed by atoms with Gasteiger partial charge >= 0.3 is 0 Å². The molecule has 1 heterocycles. The molecule has 0 bridgehead atoms. The van der Waals surface area contributed by atoms with Gasteiger partial charge in [-0.3, -0.25) is 9.59 Å². The quantitative estimate of drug-likeness (QED) is 0.723. The summed E-state index contributed by atoms with van der Waals surface area (Å²) in [6.45, 7) is 3.39. The Morgan fingerprint density at radius 1 is 1.59 bits per heavy atom. The van der Waals surface area contributed by atoms with Crippen LogP contribution in [0.3, 0.4) is 0 Å². The smallest absolute Gasteiger partial charge is 0.226 e. The first-order valence-corrected chi connectivity index (χ1v) is 6.51. The van der Waals surface area contributed by atoms with Gasteiger partial charge in [0.1, 0.15) is 6.29 Å². The van der Waals surface area contributed by atoms with Crippen molar-refractivity contribution in [3.05, 3.63) is 0 Å². The maximum Gasteiger partial charge on any atom is 0.226 e. The Bertz CT molecular complexity index is 321. The molecule has 0 radical (unpaired) electrons. The van der Waals surface area contributed by atoms with Crippen molar-refractivity contribution in [1.29, 1.82) is 0 Å². The van der Waals surface area contributed by atoms with E-state index in [4.69, 9.17) is 0 Å². The first-order valence-electron chi connectivity index (χ1n) is 5.53. The summed E-state index contributed by atoms with van der Waals surface area (Å²) in [4.78, 5) is 35.0. The van der Waals surface area contributed by atoms with Gasteiger partial charge in [0.2, 0.25) is 5.91 Å². The molecule has 0 aromatic rings. The third-order valence-electron chi connectivity index (χ3n) is 2.72. The second-order valence-corrected chi connectivity index (χ2v) is 5.48. The molecule has 1 N–H and O–H groups in total. The maximum atomic E-state index is 12.0. The predicted molar refractivity (Wildman–Crippen MR) is 64.5 cm³/mol. The van der Waals surface area contributed by atoms with Crippen molar-refractivity contribution < 1.29 is 19.5 Å². The molecular weight excluding hydrogens is 242 g/mol. The summed E-state index contributed by atoms with van der Waals surface area (Å²) >= 11 is 1.10. The minimum absolute atomic E-state index is 0.0296. The van der Waals surface area contributed by atoms with Gasteiger partial charge in [-0.1, -0.05) is 18.7 Å². The van der Waals surface area contributed by atoms with E-state index in [1.807, 2.05) is 0 Å². The first kappa shape index (κ1) is 14.2. The summed E-state index contributed by atoms with van der Waals surface area (Å²) in [6.07, 6.45) is 0.377. The van der Waals surface area contributed by atoms with Crippen molar-refractivity contribution >= 4 is 29.1 Å². The van der Waals surface area contributed by atoms with Crippen LogP contribution in [0.4, 0.5) is 0 Å². The van der Waals surface area contributed by atoms with Crippen LogP contribution < -0.4 is 0 Å². The molecular formula is C11H17NO4S. The molecule has 1 rings (SSSR count). The summed E-state index contributed by atoms with van der Waals surface area (Å²) in [5, 5.41) is 9.41. The van der Waals surface area contributed by atoms with E-state index in [1.165, 1.54) is 11.8 Å². The number of thioether (sulfide) groups is 1. The summed E-state index contributed by atoms with van der Waals surface area (Å²) in [7, 11) is 0. The van der Waals surface area contributed by atoms with Gasteiger partial charge in [-0.05, 0) is 0 Å². The van der Waals surface area contributed by atoms with Crippen LogP contribution in [0.1, 0.15) is 20.3 Å². The molecule has 0 saturated carbocycles. The van der Waals surface area contributed by atoms with Gasteiger partial charge in [0.15, 0.2) is 5.12 Å². The number of nitrogens with zero attached hydrogens (tertiary/aromatic N) is 1. The Morgan fingerprint density at radius 2 is 2.24 bits per heavy atom. The molecule has 1 amide bonds. The van der Waals surface area contributed by atoms with Gasteiger partial charge < -0.3 is 14.8 Å². The highest BCUT2D eigenvalue weighted by molar-refractivity contribution is 8.13. The van der Waals surface area contributed by atoms with E-state index in [2.05, 4.69) is 0 Å². The first-order chi connectivity index (χ1) is 7.95. The number of β-amino-alcohol motifs (C(OH)–C–C–N with tert-alkyl or cyclic N) is 1. The predicted octanol–water partition coefficient (Wildman–Crippen LogP) is 0.0629. The minimum Gasteiger partial charge on any atom is -0.391 e. The topological polar surface area (TPSA) is 74.7 Å². The average Bonchev–Trinajstić information content (AvgIpc) is 2.66. The van der Waals surface area contributed by atoms with Gasteiger partial charge in [0.25, 0.3) is 0 Å². The molecule has 6 heteroatoms. The van der Waals surface area contributed by atoms with Crippen molar-refractivity contribution in [2.75, 3.05) is 12.3 Å². The van der Waals surface area contributed by atoms with Crippen LogP contribution in [0.15, 0.2) is 0 Å². The number of amides is 1. The fraction of sp³-hybridized carbons (Fsp3) is 0.727. The Morgan fingerprint density at radius 3 is 2.76 bits per heavy atom. The third kappa shape index (κ3) is 3.81. The van der Waals surface area contributed by atoms with Crippen LogP contribution in [0.25, 0.3) is 0 Å².